The van der Waals surface area contributed by atoms with Crippen molar-refractivity contribution < 1.29 is 26.8 Å². The molecule has 4 nitrogen and oxygen atoms in total. The second kappa shape index (κ2) is 16.6. The number of alkyl halides is 5. The molecule has 3 aromatic rings. The molecular formula is C40H48F5N3O. The van der Waals surface area contributed by atoms with E-state index in [2.05, 4.69) is 36.2 Å². The third-order valence-corrected chi connectivity index (χ3v) is 10.2. The molecule has 0 aliphatic heterocycles. The molecule has 2 aliphatic rings. The monoisotopic (exact) mass is 681 g/mol. The van der Waals surface area contributed by atoms with E-state index in [1.165, 1.54) is 6.42 Å². The first-order valence-electron chi connectivity index (χ1n) is 17.4. The fraction of sp³-hybridized carbons (Fsp3) is 0.450. The van der Waals surface area contributed by atoms with Gasteiger partial charge in [0.15, 0.2) is 0 Å². The van der Waals surface area contributed by atoms with Crippen molar-refractivity contribution >= 4 is 5.57 Å². The molecule has 1 saturated carbocycles. The molecule has 0 heterocycles. The van der Waals surface area contributed by atoms with Gasteiger partial charge in [-0.25, -0.2) is 8.78 Å². The van der Waals surface area contributed by atoms with Crippen LogP contribution in [-0.2, 0) is 23.2 Å². The molecule has 5 rings (SSSR count). The van der Waals surface area contributed by atoms with Gasteiger partial charge >= 0.3 is 6.18 Å². The predicted molar refractivity (Wildman–Crippen MR) is 187 cm³/mol. The van der Waals surface area contributed by atoms with E-state index < -0.39 is 30.3 Å². The first kappa shape index (κ1) is 36.9. The van der Waals surface area contributed by atoms with Crippen LogP contribution in [0.15, 0.2) is 91.5 Å². The molecule has 0 spiro atoms. The molecule has 2 aliphatic carbocycles. The van der Waals surface area contributed by atoms with Gasteiger partial charge in [0, 0.05) is 18.6 Å². The number of hydrogen-bond donors (Lipinski definition) is 3. The number of halogens is 5. The van der Waals surface area contributed by atoms with E-state index >= 15 is 0 Å². The summed E-state index contributed by atoms with van der Waals surface area (Å²) in [6, 6.07) is 21.8. The number of unbranched alkanes of at least 4 members (excludes halogenated alkanes) is 2. The average molecular weight is 682 g/mol. The lowest BCUT2D eigenvalue weighted by molar-refractivity contribution is -0.137. The molecule has 3 N–H and O–H groups in total. The van der Waals surface area contributed by atoms with Gasteiger partial charge in [0.05, 0.1) is 12.1 Å². The average Bonchev–Trinajstić information content (AvgIpc) is 3.30. The maximum absolute atomic E-state index is 13.1. The van der Waals surface area contributed by atoms with Crippen LogP contribution < -0.4 is 16.1 Å². The number of hydroxylamine groups is 1. The molecule has 0 saturated heterocycles. The number of benzene rings is 3. The first-order valence-corrected chi connectivity index (χ1v) is 17.4. The summed E-state index contributed by atoms with van der Waals surface area (Å²) in [5.41, 5.74) is 7.10. The van der Waals surface area contributed by atoms with Crippen LogP contribution in [0.2, 0.25) is 0 Å². The van der Waals surface area contributed by atoms with Gasteiger partial charge in [-0.15, -0.1) is 0 Å². The predicted octanol–water partition coefficient (Wildman–Crippen LogP) is 9.82. The second-order valence-electron chi connectivity index (χ2n) is 13.5. The normalized spacial score (nSPS) is 21.7. The SMILES string of the molecule is C=C1C(=C)C(CCCCCN[C@H](C)C2CCCC(NCc3ccccc3-c3ccc(C(F)(F)F)cc3)C2)(ONCC(F)F)c2ccccc21. The van der Waals surface area contributed by atoms with Gasteiger partial charge in [-0.1, -0.05) is 86.7 Å². The van der Waals surface area contributed by atoms with Crippen LogP contribution >= 0.6 is 0 Å². The smallest absolute Gasteiger partial charge is 0.314 e. The van der Waals surface area contributed by atoms with Gasteiger partial charge in [-0.3, -0.25) is 4.84 Å². The van der Waals surface area contributed by atoms with Gasteiger partial charge in [0.1, 0.15) is 5.60 Å². The fourth-order valence-electron chi connectivity index (χ4n) is 7.44. The maximum atomic E-state index is 13.1. The molecule has 3 aromatic carbocycles. The highest BCUT2D eigenvalue weighted by Crippen LogP contribution is 2.51. The molecule has 0 radical (unpaired) electrons. The molecule has 264 valence electrons. The van der Waals surface area contributed by atoms with E-state index in [9.17, 15) is 22.0 Å². The second-order valence-corrected chi connectivity index (χ2v) is 13.5. The Morgan fingerprint density at radius 3 is 2.35 bits per heavy atom. The van der Waals surface area contributed by atoms with E-state index in [1.54, 1.807) is 12.1 Å². The number of hydrogen-bond acceptors (Lipinski definition) is 4. The lowest BCUT2D eigenvalue weighted by atomic mass is 9.81. The zero-order valence-corrected chi connectivity index (χ0v) is 28.2. The summed E-state index contributed by atoms with van der Waals surface area (Å²) in [6.07, 6.45) is 1.00. The topological polar surface area (TPSA) is 45.3 Å². The zero-order chi connectivity index (χ0) is 35.0. The standard InChI is InChI=1S/C40H48F5N3O/c1-27-28(2)39(49-48-26-38(41)42,37-17-8-7-15-35(27)37)22-9-4-10-23-46-29(3)31-13-11-14-34(24-31)47-25-32-12-5-6-16-36(32)30-18-20-33(21-19-30)40(43,44)45/h5-8,12,15-21,29,31,34,38,46-48H,1-2,4,9-11,13-14,22-26H2,3H3/t29-,31?,34?,39?/m1/s1. The Morgan fingerprint density at radius 1 is 0.898 bits per heavy atom. The fourth-order valence-corrected chi connectivity index (χ4v) is 7.44. The minimum Gasteiger partial charge on any atom is -0.314 e. The Balaban J connectivity index is 1.07. The summed E-state index contributed by atoms with van der Waals surface area (Å²) in [7, 11) is 0. The largest absolute Gasteiger partial charge is 0.416 e. The summed E-state index contributed by atoms with van der Waals surface area (Å²) in [5, 5.41) is 7.48. The molecule has 1 fully saturated rings. The quantitative estimate of drug-likeness (QED) is 0.0801. The first-order chi connectivity index (χ1) is 23.5. The van der Waals surface area contributed by atoms with Crippen LogP contribution in [0, 0.1) is 5.92 Å². The minimum absolute atomic E-state index is 0.363. The lowest BCUT2D eigenvalue weighted by Gasteiger charge is -2.34. The van der Waals surface area contributed by atoms with Crippen LogP contribution in [0.3, 0.4) is 0 Å². The summed E-state index contributed by atoms with van der Waals surface area (Å²) < 4.78 is 65.1. The molecule has 3 unspecified atom stereocenters. The molecule has 4 atom stereocenters. The molecule has 9 heteroatoms. The summed E-state index contributed by atoms with van der Waals surface area (Å²) in [6.45, 7) is 11.7. The van der Waals surface area contributed by atoms with Crippen molar-refractivity contribution in [3.63, 3.8) is 0 Å². The van der Waals surface area contributed by atoms with Crippen LogP contribution in [0.5, 0.6) is 0 Å². The Labute approximate surface area is 287 Å². The van der Waals surface area contributed by atoms with Crippen LogP contribution in [0.1, 0.15) is 80.5 Å². The highest BCUT2D eigenvalue weighted by Gasteiger charge is 2.45. The third-order valence-electron chi connectivity index (χ3n) is 10.2. The minimum atomic E-state index is -4.35. The summed E-state index contributed by atoms with van der Waals surface area (Å²) in [5.74, 6) is 0.540. The van der Waals surface area contributed by atoms with Gasteiger partial charge in [0.2, 0.25) is 0 Å². The number of rotatable bonds is 16. The number of fused-ring (bicyclic) bond motifs is 1. The van der Waals surface area contributed by atoms with Crippen molar-refractivity contribution in [3.8, 4) is 11.1 Å². The molecule has 0 amide bonds. The Hall–Kier alpha value is -3.37. The van der Waals surface area contributed by atoms with Crippen LogP contribution in [0.25, 0.3) is 16.7 Å². The van der Waals surface area contributed by atoms with Crippen molar-refractivity contribution in [1.82, 2.24) is 16.1 Å². The van der Waals surface area contributed by atoms with Crippen molar-refractivity contribution in [2.75, 3.05) is 13.1 Å². The summed E-state index contributed by atoms with van der Waals surface area (Å²) in [4.78, 5) is 5.99. The van der Waals surface area contributed by atoms with Crippen molar-refractivity contribution in [1.29, 1.82) is 0 Å². The van der Waals surface area contributed by atoms with E-state index in [0.717, 1.165) is 90.6 Å². The molecule has 49 heavy (non-hydrogen) atoms. The van der Waals surface area contributed by atoms with Crippen LogP contribution in [-0.4, -0.2) is 31.6 Å². The zero-order valence-electron chi connectivity index (χ0n) is 28.2. The summed E-state index contributed by atoms with van der Waals surface area (Å²) >= 11 is 0. The number of nitrogens with one attached hydrogen (secondary N) is 3. The highest BCUT2D eigenvalue weighted by atomic mass is 19.4. The lowest BCUT2D eigenvalue weighted by Crippen LogP contribution is -2.41. The van der Waals surface area contributed by atoms with Crippen LogP contribution in [0.4, 0.5) is 22.0 Å². The highest BCUT2D eigenvalue weighted by molar-refractivity contribution is 5.87. The Bertz CT molecular complexity index is 1560. The van der Waals surface area contributed by atoms with Gasteiger partial charge in [-0.2, -0.15) is 18.7 Å². The van der Waals surface area contributed by atoms with Crippen molar-refractivity contribution in [2.24, 2.45) is 5.92 Å². The Kier molecular flexibility index (Phi) is 12.5. The third kappa shape index (κ3) is 9.06. The van der Waals surface area contributed by atoms with Gasteiger partial charge < -0.3 is 10.6 Å². The Morgan fingerprint density at radius 2 is 1.61 bits per heavy atom. The van der Waals surface area contributed by atoms with E-state index in [0.29, 0.717) is 36.5 Å². The molecular weight excluding hydrogens is 633 g/mol. The van der Waals surface area contributed by atoms with Crippen molar-refractivity contribution in [2.45, 2.75) is 95.1 Å². The van der Waals surface area contributed by atoms with E-state index in [-0.39, 0.29) is 0 Å². The molecule has 0 aromatic heterocycles. The van der Waals surface area contributed by atoms with E-state index in [4.69, 9.17) is 4.84 Å². The maximum Gasteiger partial charge on any atom is 0.416 e. The van der Waals surface area contributed by atoms with Gasteiger partial charge in [-0.05, 0) is 109 Å². The van der Waals surface area contributed by atoms with E-state index in [1.807, 2.05) is 48.5 Å². The van der Waals surface area contributed by atoms with Crippen molar-refractivity contribution in [3.05, 3.63) is 114 Å². The van der Waals surface area contributed by atoms with Gasteiger partial charge in [0.25, 0.3) is 6.43 Å². The molecule has 0 bridgehead atoms.